The fourth-order valence-electron chi connectivity index (χ4n) is 3.29. The molecular formula is C25H22ClN5O3S. The average Bonchev–Trinajstić information content (AvgIpc) is 3.33. The number of halogens is 1. The molecule has 0 spiro atoms. The van der Waals surface area contributed by atoms with E-state index in [9.17, 15) is 9.59 Å². The van der Waals surface area contributed by atoms with Crippen molar-refractivity contribution in [2.45, 2.75) is 12.5 Å². The normalized spacial score (nSPS) is 11.4. The van der Waals surface area contributed by atoms with Gasteiger partial charge in [-0.2, -0.15) is 0 Å². The zero-order valence-corrected chi connectivity index (χ0v) is 20.3. The van der Waals surface area contributed by atoms with Crippen LogP contribution in [0.3, 0.4) is 0 Å². The molecule has 0 aliphatic rings. The van der Waals surface area contributed by atoms with Gasteiger partial charge in [-0.15, -0.1) is 10.2 Å². The molecule has 1 aromatic heterocycles. The van der Waals surface area contributed by atoms with Crippen molar-refractivity contribution in [1.82, 2.24) is 15.5 Å². The lowest BCUT2D eigenvalue weighted by Crippen LogP contribution is -2.46. The highest BCUT2D eigenvalue weighted by molar-refractivity contribution is 7.18. The first-order valence-corrected chi connectivity index (χ1v) is 11.9. The molecule has 4 aromatic rings. The Balaban J connectivity index is 1.47. The number of carbonyl (C=O) groups excluding carboxylic acids is 2. The highest BCUT2D eigenvalue weighted by Gasteiger charge is 2.23. The zero-order valence-electron chi connectivity index (χ0n) is 18.7. The molecule has 0 saturated heterocycles. The quantitative estimate of drug-likeness (QED) is 0.302. The minimum Gasteiger partial charge on any atom is -0.497 e. The molecule has 3 N–H and O–H groups in total. The van der Waals surface area contributed by atoms with E-state index in [1.165, 1.54) is 11.3 Å². The standard InChI is InChI=1S/C25H22ClN5O3S/c1-34-20-12-6-11-19(15-20)27-24(33)28-21(13-16-7-3-2-4-8-16)22(32)29-25-31-30-23(35-25)17-9-5-10-18(26)14-17/h2-12,14-15,21H,13H2,1H3,(H2,27,28,33)(H,29,31,32)/t21-/m0/s1. The van der Waals surface area contributed by atoms with Gasteiger partial charge in [0.15, 0.2) is 0 Å². The fourth-order valence-corrected chi connectivity index (χ4v) is 4.22. The fraction of sp³-hybridized carbons (Fsp3) is 0.120. The summed E-state index contributed by atoms with van der Waals surface area (Å²) in [6.07, 6.45) is 0.290. The van der Waals surface area contributed by atoms with Gasteiger partial charge in [-0.05, 0) is 29.8 Å². The van der Waals surface area contributed by atoms with Gasteiger partial charge < -0.3 is 15.4 Å². The monoisotopic (exact) mass is 507 g/mol. The molecule has 0 aliphatic carbocycles. The van der Waals surface area contributed by atoms with Crippen LogP contribution in [-0.4, -0.2) is 35.3 Å². The zero-order chi connectivity index (χ0) is 24.6. The molecule has 3 amide bonds. The highest BCUT2D eigenvalue weighted by atomic mass is 35.5. The molecule has 1 heterocycles. The smallest absolute Gasteiger partial charge is 0.319 e. The Morgan fingerprint density at radius 3 is 2.54 bits per heavy atom. The molecule has 0 fully saturated rings. The summed E-state index contributed by atoms with van der Waals surface area (Å²) in [6.45, 7) is 0. The van der Waals surface area contributed by atoms with E-state index < -0.39 is 18.0 Å². The van der Waals surface area contributed by atoms with Crippen LogP contribution in [0.1, 0.15) is 5.56 Å². The summed E-state index contributed by atoms with van der Waals surface area (Å²) >= 11 is 7.28. The van der Waals surface area contributed by atoms with Gasteiger partial charge in [0.05, 0.1) is 7.11 Å². The number of anilines is 2. The van der Waals surface area contributed by atoms with Crippen LogP contribution in [0.25, 0.3) is 10.6 Å². The Bertz CT molecular complexity index is 1320. The lowest BCUT2D eigenvalue weighted by Gasteiger charge is -2.18. The van der Waals surface area contributed by atoms with E-state index in [-0.39, 0.29) is 6.42 Å². The van der Waals surface area contributed by atoms with E-state index in [0.717, 1.165) is 11.1 Å². The van der Waals surface area contributed by atoms with Crippen LogP contribution in [0.4, 0.5) is 15.6 Å². The van der Waals surface area contributed by atoms with E-state index >= 15 is 0 Å². The summed E-state index contributed by atoms with van der Waals surface area (Å²) in [4.78, 5) is 25.9. The van der Waals surface area contributed by atoms with E-state index in [4.69, 9.17) is 16.3 Å². The number of urea groups is 1. The first-order chi connectivity index (χ1) is 17.0. The molecule has 178 valence electrons. The SMILES string of the molecule is COc1cccc(NC(=O)N[C@@H](Cc2ccccc2)C(=O)Nc2nnc(-c3cccc(Cl)c3)s2)c1. The Kier molecular flexibility index (Phi) is 7.92. The maximum absolute atomic E-state index is 13.1. The maximum atomic E-state index is 13.1. The third kappa shape index (κ3) is 6.78. The summed E-state index contributed by atoms with van der Waals surface area (Å²) in [6, 6.07) is 22.2. The van der Waals surface area contributed by atoms with Crippen LogP contribution in [0.15, 0.2) is 78.9 Å². The number of aromatic nitrogens is 2. The predicted molar refractivity (Wildman–Crippen MR) is 138 cm³/mol. The van der Waals surface area contributed by atoms with Crippen LogP contribution < -0.4 is 20.7 Å². The molecule has 8 nitrogen and oxygen atoms in total. The Morgan fingerprint density at radius 2 is 1.77 bits per heavy atom. The van der Waals surface area contributed by atoms with Crippen molar-refractivity contribution in [3.05, 3.63) is 89.4 Å². The third-order valence-corrected chi connectivity index (χ3v) is 6.08. The predicted octanol–water partition coefficient (Wildman–Crippen LogP) is 5.24. The van der Waals surface area contributed by atoms with Crippen molar-refractivity contribution in [3.8, 4) is 16.3 Å². The van der Waals surface area contributed by atoms with Gasteiger partial charge in [0.1, 0.15) is 16.8 Å². The molecule has 0 saturated carbocycles. The van der Waals surface area contributed by atoms with E-state index in [1.807, 2.05) is 42.5 Å². The number of ether oxygens (including phenoxy) is 1. The second kappa shape index (κ2) is 11.5. The molecule has 0 bridgehead atoms. The van der Waals surface area contributed by atoms with Crippen LogP contribution in [0, 0.1) is 0 Å². The van der Waals surface area contributed by atoms with E-state index in [2.05, 4.69) is 26.1 Å². The average molecular weight is 508 g/mol. The second-order valence-corrected chi connectivity index (χ2v) is 8.90. The van der Waals surface area contributed by atoms with Crippen molar-refractivity contribution in [2.24, 2.45) is 0 Å². The number of nitrogens with one attached hydrogen (secondary N) is 3. The van der Waals surface area contributed by atoms with Gasteiger partial charge in [-0.25, -0.2) is 4.79 Å². The van der Waals surface area contributed by atoms with Gasteiger partial charge in [0.2, 0.25) is 11.0 Å². The largest absolute Gasteiger partial charge is 0.497 e. The highest BCUT2D eigenvalue weighted by Crippen LogP contribution is 2.28. The molecule has 1 atom stereocenters. The second-order valence-electron chi connectivity index (χ2n) is 7.48. The summed E-state index contributed by atoms with van der Waals surface area (Å²) in [7, 11) is 1.55. The lowest BCUT2D eigenvalue weighted by molar-refractivity contribution is -0.117. The Morgan fingerprint density at radius 1 is 0.971 bits per heavy atom. The van der Waals surface area contributed by atoms with Crippen LogP contribution in [0.5, 0.6) is 5.75 Å². The van der Waals surface area contributed by atoms with Crippen molar-refractivity contribution in [2.75, 3.05) is 17.7 Å². The van der Waals surface area contributed by atoms with Gasteiger partial charge >= 0.3 is 6.03 Å². The van der Waals surface area contributed by atoms with Gasteiger partial charge in [0, 0.05) is 28.8 Å². The number of methoxy groups -OCH3 is 1. The lowest BCUT2D eigenvalue weighted by atomic mass is 10.1. The van der Waals surface area contributed by atoms with E-state index in [0.29, 0.717) is 26.6 Å². The van der Waals surface area contributed by atoms with Gasteiger partial charge in [-0.1, -0.05) is 71.5 Å². The van der Waals surface area contributed by atoms with Crippen LogP contribution >= 0.6 is 22.9 Å². The van der Waals surface area contributed by atoms with Crippen molar-refractivity contribution in [1.29, 1.82) is 0 Å². The van der Waals surface area contributed by atoms with Crippen LogP contribution in [0.2, 0.25) is 5.02 Å². The van der Waals surface area contributed by atoms with E-state index in [1.54, 1.807) is 43.5 Å². The molecule has 10 heteroatoms. The minimum absolute atomic E-state index is 0.290. The third-order valence-electron chi connectivity index (χ3n) is 4.96. The topological polar surface area (TPSA) is 105 Å². The van der Waals surface area contributed by atoms with Crippen molar-refractivity contribution >= 4 is 45.7 Å². The summed E-state index contributed by atoms with van der Waals surface area (Å²) in [5.74, 6) is 0.191. The molecule has 0 aliphatic heterocycles. The summed E-state index contributed by atoms with van der Waals surface area (Å²) in [5, 5.41) is 18.0. The molecule has 4 rings (SSSR count). The Hall–Kier alpha value is -3.95. The van der Waals surface area contributed by atoms with Crippen LogP contribution in [-0.2, 0) is 11.2 Å². The minimum atomic E-state index is -0.860. The van der Waals surface area contributed by atoms with Gasteiger partial charge in [-0.3, -0.25) is 10.1 Å². The molecule has 3 aromatic carbocycles. The summed E-state index contributed by atoms with van der Waals surface area (Å²) in [5.41, 5.74) is 2.23. The van der Waals surface area contributed by atoms with Crippen molar-refractivity contribution < 1.29 is 14.3 Å². The molecule has 0 unspecified atom stereocenters. The number of carbonyl (C=O) groups is 2. The maximum Gasteiger partial charge on any atom is 0.319 e. The molecular weight excluding hydrogens is 486 g/mol. The Labute approximate surface area is 211 Å². The number of hydrogen-bond acceptors (Lipinski definition) is 6. The molecule has 0 radical (unpaired) electrons. The molecule has 35 heavy (non-hydrogen) atoms. The van der Waals surface area contributed by atoms with Gasteiger partial charge in [0.25, 0.3) is 0 Å². The first kappa shape index (κ1) is 24.2. The number of amides is 3. The number of hydrogen-bond donors (Lipinski definition) is 3. The number of rotatable bonds is 8. The number of benzene rings is 3. The summed E-state index contributed by atoms with van der Waals surface area (Å²) < 4.78 is 5.19. The van der Waals surface area contributed by atoms with Crippen molar-refractivity contribution in [3.63, 3.8) is 0 Å². The number of nitrogens with zero attached hydrogens (tertiary/aromatic N) is 2. The first-order valence-electron chi connectivity index (χ1n) is 10.7.